The van der Waals surface area contributed by atoms with Crippen molar-refractivity contribution in [2.45, 2.75) is 0 Å². The largest absolute Gasteiger partial charge is 0.496 e. The third-order valence-corrected chi connectivity index (χ3v) is 2.45. The highest BCUT2D eigenvalue weighted by Gasteiger charge is 2.11. The van der Waals surface area contributed by atoms with Crippen LogP contribution in [-0.2, 0) is 0 Å². The van der Waals surface area contributed by atoms with Crippen LogP contribution in [0.3, 0.4) is 0 Å². The quantitative estimate of drug-likeness (QED) is 0.811. The van der Waals surface area contributed by atoms with Gasteiger partial charge in [-0.3, -0.25) is 0 Å². The van der Waals surface area contributed by atoms with E-state index in [9.17, 15) is 8.78 Å². The summed E-state index contributed by atoms with van der Waals surface area (Å²) in [5.74, 6) is -0.788. The number of hydrogen-bond acceptors (Lipinski definition) is 2. The summed E-state index contributed by atoms with van der Waals surface area (Å²) in [5.41, 5.74) is 6.95. The normalized spacial score (nSPS) is 10.3. The number of nitrogen functional groups attached to an aromatic ring is 1. The zero-order chi connectivity index (χ0) is 12.4. The molecule has 0 spiro atoms. The molecule has 0 saturated carbocycles. The number of anilines is 1. The number of rotatable bonds is 2. The lowest BCUT2D eigenvalue weighted by Crippen LogP contribution is -1.93. The van der Waals surface area contributed by atoms with Crippen LogP contribution in [0.2, 0.25) is 0 Å². The Labute approximate surface area is 97.6 Å². The Balaban J connectivity index is 2.60. The summed E-state index contributed by atoms with van der Waals surface area (Å²) in [5, 5.41) is 0. The lowest BCUT2D eigenvalue weighted by atomic mass is 10.0. The van der Waals surface area contributed by atoms with Crippen molar-refractivity contribution in [2.24, 2.45) is 0 Å². The van der Waals surface area contributed by atoms with E-state index in [1.807, 2.05) is 0 Å². The van der Waals surface area contributed by atoms with E-state index < -0.39 is 11.6 Å². The van der Waals surface area contributed by atoms with E-state index in [0.717, 1.165) is 6.07 Å². The second kappa shape index (κ2) is 4.41. The molecule has 0 aliphatic rings. The van der Waals surface area contributed by atoms with Gasteiger partial charge in [-0.1, -0.05) is 0 Å². The fourth-order valence-electron chi connectivity index (χ4n) is 1.64. The zero-order valence-corrected chi connectivity index (χ0v) is 9.21. The second-order valence-corrected chi connectivity index (χ2v) is 3.58. The van der Waals surface area contributed by atoms with Crippen LogP contribution >= 0.6 is 0 Å². The molecular formula is C13H11F2NO. The molecule has 0 fully saturated rings. The van der Waals surface area contributed by atoms with Gasteiger partial charge in [-0.05, 0) is 24.3 Å². The van der Waals surface area contributed by atoms with Gasteiger partial charge in [-0.2, -0.15) is 0 Å². The summed E-state index contributed by atoms with van der Waals surface area (Å²) >= 11 is 0. The molecule has 0 aliphatic heterocycles. The smallest absolute Gasteiger partial charge is 0.134 e. The van der Waals surface area contributed by atoms with E-state index in [-0.39, 0.29) is 5.56 Å². The lowest BCUT2D eigenvalue weighted by Gasteiger charge is -2.10. The van der Waals surface area contributed by atoms with Gasteiger partial charge in [0.05, 0.1) is 7.11 Å². The van der Waals surface area contributed by atoms with Crippen molar-refractivity contribution in [3.05, 3.63) is 48.0 Å². The Morgan fingerprint density at radius 1 is 1.00 bits per heavy atom. The molecule has 0 atom stereocenters. The first kappa shape index (κ1) is 11.4. The van der Waals surface area contributed by atoms with Crippen LogP contribution in [0.4, 0.5) is 14.5 Å². The van der Waals surface area contributed by atoms with Crippen LogP contribution in [0.15, 0.2) is 36.4 Å². The maximum atomic E-state index is 13.6. The molecule has 0 radical (unpaired) electrons. The van der Waals surface area contributed by atoms with Gasteiger partial charge in [-0.15, -0.1) is 0 Å². The van der Waals surface area contributed by atoms with Gasteiger partial charge >= 0.3 is 0 Å². The van der Waals surface area contributed by atoms with Gasteiger partial charge in [0.15, 0.2) is 0 Å². The molecule has 17 heavy (non-hydrogen) atoms. The molecule has 0 aromatic heterocycles. The number of methoxy groups -OCH3 is 1. The molecule has 4 heteroatoms. The van der Waals surface area contributed by atoms with Crippen LogP contribution in [-0.4, -0.2) is 7.11 Å². The minimum atomic E-state index is -0.631. The van der Waals surface area contributed by atoms with Gasteiger partial charge in [0, 0.05) is 28.9 Å². The van der Waals surface area contributed by atoms with Crippen molar-refractivity contribution >= 4 is 5.69 Å². The summed E-state index contributed by atoms with van der Waals surface area (Å²) in [6.07, 6.45) is 0. The van der Waals surface area contributed by atoms with Gasteiger partial charge in [-0.25, -0.2) is 8.78 Å². The van der Waals surface area contributed by atoms with Crippen LogP contribution in [0, 0.1) is 11.6 Å². The van der Waals surface area contributed by atoms with E-state index >= 15 is 0 Å². The van der Waals surface area contributed by atoms with Crippen molar-refractivity contribution in [1.82, 2.24) is 0 Å². The lowest BCUT2D eigenvalue weighted by molar-refractivity contribution is 0.416. The molecule has 0 aliphatic carbocycles. The zero-order valence-electron chi connectivity index (χ0n) is 9.21. The van der Waals surface area contributed by atoms with Gasteiger partial charge < -0.3 is 10.5 Å². The van der Waals surface area contributed by atoms with Gasteiger partial charge in [0.2, 0.25) is 0 Å². The second-order valence-electron chi connectivity index (χ2n) is 3.58. The molecule has 0 amide bonds. The van der Waals surface area contributed by atoms with Crippen molar-refractivity contribution in [3.63, 3.8) is 0 Å². The topological polar surface area (TPSA) is 35.2 Å². The molecule has 0 saturated heterocycles. The minimum Gasteiger partial charge on any atom is -0.496 e. The van der Waals surface area contributed by atoms with E-state index in [1.165, 1.54) is 19.2 Å². The third-order valence-electron chi connectivity index (χ3n) is 2.45. The van der Waals surface area contributed by atoms with Gasteiger partial charge in [0.1, 0.15) is 17.4 Å². The number of nitrogens with two attached hydrogens (primary N) is 1. The van der Waals surface area contributed by atoms with Crippen molar-refractivity contribution in [2.75, 3.05) is 12.8 Å². The summed E-state index contributed by atoms with van der Waals surface area (Å²) in [4.78, 5) is 0. The molecule has 88 valence electrons. The van der Waals surface area contributed by atoms with Crippen LogP contribution in [0.1, 0.15) is 0 Å². The Kier molecular flexibility index (Phi) is 2.95. The summed E-state index contributed by atoms with van der Waals surface area (Å²) < 4.78 is 31.6. The number of benzene rings is 2. The van der Waals surface area contributed by atoms with Crippen molar-refractivity contribution in [3.8, 4) is 16.9 Å². The van der Waals surface area contributed by atoms with Gasteiger partial charge in [0.25, 0.3) is 0 Å². The molecule has 2 aromatic rings. The average Bonchev–Trinajstić information content (AvgIpc) is 2.30. The van der Waals surface area contributed by atoms with E-state index in [2.05, 4.69) is 0 Å². The van der Waals surface area contributed by atoms with Crippen LogP contribution < -0.4 is 10.5 Å². The third kappa shape index (κ3) is 2.20. The summed E-state index contributed by atoms with van der Waals surface area (Å²) in [6, 6.07) is 8.29. The Bertz CT molecular complexity index is 555. The first-order valence-corrected chi connectivity index (χ1v) is 5.01. The first-order chi connectivity index (χ1) is 8.11. The van der Waals surface area contributed by atoms with E-state index in [4.69, 9.17) is 10.5 Å². The molecule has 2 nitrogen and oxygen atoms in total. The molecular weight excluding hydrogens is 224 g/mol. The number of ether oxygens (including phenoxy) is 1. The monoisotopic (exact) mass is 235 g/mol. The maximum absolute atomic E-state index is 13.6. The first-order valence-electron chi connectivity index (χ1n) is 5.01. The molecule has 0 unspecified atom stereocenters. The van der Waals surface area contributed by atoms with Crippen LogP contribution in [0.5, 0.6) is 5.75 Å². The predicted octanol–water partition coefficient (Wildman–Crippen LogP) is 3.22. The highest BCUT2D eigenvalue weighted by molar-refractivity contribution is 5.73. The fraction of sp³-hybridized carbons (Fsp3) is 0.0769. The highest BCUT2D eigenvalue weighted by Crippen LogP contribution is 2.33. The highest BCUT2D eigenvalue weighted by atomic mass is 19.1. The fourth-order valence-corrected chi connectivity index (χ4v) is 1.64. The molecule has 2 rings (SSSR count). The molecule has 0 bridgehead atoms. The summed E-state index contributed by atoms with van der Waals surface area (Å²) in [7, 11) is 1.47. The number of halogens is 2. The Morgan fingerprint density at radius 2 is 1.71 bits per heavy atom. The molecule has 2 N–H and O–H groups in total. The average molecular weight is 235 g/mol. The van der Waals surface area contributed by atoms with Crippen molar-refractivity contribution in [1.29, 1.82) is 0 Å². The minimum absolute atomic E-state index is 0.281. The summed E-state index contributed by atoms with van der Waals surface area (Å²) in [6.45, 7) is 0. The predicted molar refractivity (Wildman–Crippen MR) is 62.8 cm³/mol. The Hall–Kier alpha value is -2.10. The number of hydrogen-bond donors (Lipinski definition) is 1. The standard InChI is InChI=1S/C13H11F2NO/c1-17-13-7-9(16)3-5-11(13)10-4-2-8(14)6-12(10)15/h2-7H,16H2,1H3. The van der Waals surface area contributed by atoms with E-state index in [1.54, 1.807) is 18.2 Å². The maximum Gasteiger partial charge on any atom is 0.134 e. The van der Waals surface area contributed by atoms with Crippen LogP contribution in [0.25, 0.3) is 11.1 Å². The molecule has 0 heterocycles. The van der Waals surface area contributed by atoms with E-state index in [0.29, 0.717) is 17.0 Å². The Morgan fingerprint density at radius 3 is 2.35 bits per heavy atom. The van der Waals surface area contributed by atoms with Crippen molar-refractivity contribution < 1.29 is 13.5 Å². The SMILES string of the molecule is COc1cc(N)ccc1-c1ccc(F)cc1F. The molecule has 2 aromatic carbocycles.